The summed E-state index contributed by atoms with van der Waals surface area (Å²) in [6, 6.07) is 5.53. The Morgan fingerprint density at radius 3 is 2.59 bits per heavy atom. The van der Waals surface area contributed by atoms with E-state index in [0.717, 1.165) is 17.4 Å². The number of hydrogen-bond acceptors (Lipinski definition) is 4. The van der Waals surface area contributed by atoms with Gasteiger partial charge in [0.25, 0.3) is 0 Å². The highest BCUT2D eigenvalue weighted by Crippen LogP contribution is 2.30. The second-order valence-electron chi connectivity index (χ2n) is 6.63. The van der Waals surface area contributed by atoms with Crippen molar-refractivity contribution in [3.63, 3.8) is 0 Å². The SMILES string of the molecule is CC(C)(C)OC(=O)N1CCC(C(O)c2cccc(Br)n2)CC1. The molecule has 6 heteroatoms. The molecule has 5 nitrogen and oxygen atoms in total. The third-order valence-corrected chi connectivity index (χ3v) is 4.12. The number of likely N-dealkylation sites (tertiary alicyclic amines) is 1. The van der Waals surface area contributed by atoms with Crippen LogP contribution in [0.2, 0.25) is 0 Å². The number of aliphatic hydroxyl groups is 1. The molecule has 0 aliphatic carbocycles. The van der Waals surface area contributed by atoms with E-state index in [-0.39, 0.29) is 12.0 Å². The first kappa shape index (κ1) is 17.2. The fraction of sp³-hybridized carbons (Fsp3) is 0.625. The molecular weight excluding hydrogens is 348 g/mol. The van der Waals surface area contributed by atoms with Crippen molar-refractivity contribution < 1.29 is 14.6 Å². The van der Waals surface area contributed by atoms with Crippen molar-refractivity contribution in [2.75, 3.05) is 13.1 Å². The predicted molar refractivity (Wildman–Crippen MR) is 87.4 cm³/mol. The average molecular weight is 371 g/mol. The van der Waals surface area contributed by atoms with Crippen LogP contribution in [0.3, 0.4) is 0 Å². The second-order valence-corrected chi connectivity index (χ2v) is 7.45. The van der Waals surface area contributed by atoms with Crippen molar-refractivity contribution in [1.29, 1.82) is 0 Å². The van der Waals surface area contributed by atoms with Crippen molar-refractivity contribution in [2.45, 2.75) is 45.3 Å². The van der Waals surface area contributed by atoms with E-state index in [1.807, 2.05) is 39.0 Å². The second kappa shape index (κ2) is 6.96. The van der Waals surface area contributed by atoms with E-state index in [0.29, 0.717) is 18.8 Å². The van der Waals surface area contributed by atoms with Gasteiger partial charge in [-0.15, -0.1) is 0 Å². The smallest absolute Gasteiger partial charge is 0.410 e. The summed E-state index contributed by atoms with van der Waals surface area (Å²) in [5.41, 5.74) is 0.193. The first-order valence-corrected chi connectivity index (χ1v) is 8.34. The lowest BCUT2D eigenvalue weighted by atomic mass is 9.89. The zero-order chi connectivity index (χ0) is 16.3. The van der Waals surface area contributed by atoms with Gasteiger partial charge < -0.3 is 14.7 Å². The number of piperidine rings is 1. The number of hydrogen-bond donors (Lipinski definition) is 1. The summed E-state index contributed by atoms with van der Waals surface area (Å²) >= 11 is 3.32. The maximum Gasteiger partial charge on any atom is 0.410 e. The fourth-order valence-electron chi connectivity index (χ4n) is 2.55. The number of rotatable bonds is 2. The van der Waals surface area contributed by atoms with Crippen LogP contribution in [-0.2, 0) is 4.74 Å². The molecule has 2 rings (SSSR count). The molecule has 1 aromatic heterocycles. The molecule has 1 aliphatic heterocycles. The van der Waals surface area contributed by atoms with Gasteiger partial charge in [0.05, 0.1) is 11.8 Å². The fourth-order valence-corrected chi connectivity index (χ4v) is 2.91. The molecule has 1 aliphatic rings. The summed E-state index contributed by atoms with van der Waals surface area (Å²) in [4.78, 5) is 18.1. The first-order chi connectivity index (χ1) is 10.3. The van der Waals surface area contributed by atoms with E-state index in [4.69, 9.17) is 4.74 Å². The number of amides is 1. The van der Waals surface area contributed by atoms with Gasteiger partial charge in [-0.2, -0.15) is 0 Å². The maximum absolute atomic E-state index is 12.0. The van der Waals surface area contributed by atoms with Crippen LogP contribution in [0.15, 0.2) is 22.8 Å². The molecule has 22 heavy (non-hydrogen) atoms. The molecule has 0 bridgehead atoms. The lowest BCUT2D eigenvalue weighted by molar-refractivity contribution is 0.00713. The molecule has 1 N–H and O–H groups in total. The Kier molecular flexibility index (Phi) is 5.45. The van der Waals surface area contributed by atoms with E-state index in [2.05, 4.69) is 20.9 Å². The van der Waals surface area contributed by atoms with Gasteiger partial charge in [-0.05, 0) is 67.6 Å². The van der Waals surface area contributed by atoms with E-state index in [1.165, 1.54) is 0 Å². The van der Waals surface area contributed by atoms with Crippen LogP contribution >= 0.6 is 15.9 Å². The topological polar surface area (TPSA) is 62.7 Å². The molecular formula is C16H23BrN2O3. The molecule has 1 fully saturated rings. The van der Waals surface area contributed by atoms with Crippen LogP contribution in [0.25, 0.3) is 0 Å². The molecule has 2 heterocycles. The van der Waals surface area contributed by atoms with Crippen LogP contribution in [0, 0.1) is 5.92 Å². The van der Waals surface area contributed by atoms with Crippen molar-refractivity contribution in [1.82, 2.24) is 9.88 Å². The number of ether oxygens (including phenoxy) is 1. The number of carbonyl (C=O) groups excluding carboxylic acids is 1. The highest BCUT2D eigenvalue weighted by molar-refractivity contribution is 9.10. The number of nitrogens with zero attached hydrogens (tertiary/aromatic N) is 2. The molecule has 1 aromatic rings. The third-order valence-electron chi connectivity index (χ3n) is 3.68. The van der Waals surface area contributed by atoms with Gasteiger partial charge in [-0.3, -0.25) is 0 Å². The van der Waals surface area contributed by atoms with E-state index in [9.17, 15) is 9.90 Å². The van der Waals surface area contributed by atoms with Crippen LogP contribution in [0.4, 0.5) is 4.79 Å². The molecule has 1 saturated heterocycles. The van der Waals surface area contributed by atoms with Gasteiger partial charge in [0.15, 0.2) is 0 Å². The molecule has 0 spiro atoms. The summed E-state index contributed by atoms with van der Waals surface area (Å²) < 4.78 is 6.10. The molecule has 1 amide bonds. The number of carbonyl (C=O) groups is 1. The van der Waals surface area contributed by atoms with Crippen LogP contribution in [-0.4, -0.2) is 39.8 Å². The number of pyridine rings is 1. The minimum absolute atomic E-state index is 0.112. The van der Waals surface area contributed by atoms with Crippen LogP contribution < -0.4 is 0 Å². The zero-order valence-electron chi connectivity index (χ0n) is 13.3. The van der Waals surface area contributed by atoms with Crippen molar-refractivity contribution in [2.24, 2.45) is 5.92 Å². The Morgan fingerprint density at radius 2 is 2.05 bits per heavy atom. The quantitative estimate of drug-likeness (QED) is 0.808. The summed E-state index contributed by atoms with van der Waals surface area (Å²) in [5.74, 6) is 0.112. The number of aromatic nitrogens is 1. The average Bonchev–Trinajstić information content (AvgIpc) is 2.45. The summed E-state index contributed by atoms with van der Waals surface area (Å²) in [6.07, 6.45) is 0.614. The highest BCUT2D eigenvalue weighted by Gasteiger charge is 2.31. The first-order valence-electron chi connectivity index (χ1n) is 7.55. The highest BCUT2D eigenvalue weighted by atomic mass is 79.9. The molecule has 1 atom stereocenters. The third kappa shape index (κ3) is 4.68. The van der Waals surface area contributed by atoms with Gasteiger partial charge in [-0.1, -0.05) is 6.07 Å². The van der Waals surface area contributed by atoms with Gasteiger partial charge >= 0.3 is 6.09 Å². The van der Waals surface area contributed by atoms with Crippen molar-refractivity contribution in [3.8, 4) is 0 Å². The van der Waals surface area contributed by atoms with Crippen molar-refractivity contribution >= 4 is 22.0 Å². The Hall–Kier alpha value is -1.14. The lowest BCUT2D eigenvalue weighted by Crippen LogP contribution is -2.42. The van der Waals surface area contributed by atoms with Gasteiger partial charge in [0.2, 0.25) is 0 Å². The number of halogens is 1. The monoisotopic (exact) mass is 370 g/mol. The maximum atomic E-state index is 12.0. The summed E-state index contributed by atoms with van der Waals surface area (Å²) in [6.45, 7) is 6.79. The zero-order valence-corrected chi connectivity index (χ0v) is 14.8. The van der Waals surface area contributed by atoms with Gasteiger partial charge in [0, 0.05) is 13.1 Å². The minimum atomic E-state index is -0.599. The largest absolute Gasteiger partial charge is 0.444 e. The van der Waals surface area contributed by atoms with Crippen LogP contribution in [0.1, 0.15) is 45.4 Å². The van der Waals surface area contributed by atoms with Crippen LogP contribution in [0.5, 0.6) is 0 Å². The van der Waals surface area contributed by atoms with Gasteiger partial charge in [-0.25, -0.2) is 9.78 Å². The van der Waals surface area contributed by atoms with Gasteiger partial charge in [0.1, 0.15) is 10.2 Å². The summed E-state index contributed by atoms with van der Waals surface area (Å²) in [7, 11) is 0. The lowest BCUT2D eigenvalue weighted by Gasteiger charge is -2.35. The predicted octanol–water partition coefficient (Wildman–Crippen LogP) is 3.52. The number of aliphatic hydroxyl groups excluding tert-OH is 1. The molecule has 122 valence electrons. The Balaban J connectivity index is 1.90. The molecule has 1 unspecified atom stereocenters. The normalized spacial score (nSPS) is 18.1. The Bertz CT molecular complexity index is 522. The van der Waals surface area contributed by atoms with Crippen molar-refractivity contribution in [3.05, 3.63) is 28.5 Å². The molecule has 0 aromatic carbocycles. The molecule has 0 saturated carbocycles. The van der Waals surface area contributed by atoms with E-state index >= 15 is 0 Å². The minimum Gasteiger partial charge on any atom is -0.444 e. The molecule has 0 radical (unpaired) electrons. The van der Waals surface area contributed by atoms with E-state index < -0.39 is 11.7 Å². The summed E-state index contributed by atoms with van der Waals surface area (Å²) in [5, 5.41) is 10.5. The Morgan fingerprint density at radius 1 is 1.41 bits per heavy atom. The van der Waals surface area contributed by atoms with E-state index in [1.54, 1.807) is 4.90 Å². The Labute approximate surface area is 139 Å². The standard InChI is InChI=1S/C16H23BrN2O3/c1-16(2,3)22-15(21)19-9-7-11(8-10-19)14(20)12-5-4-6-13(17)18-12/h4-6,11,14,20H,7-10H2,1-3H3.